The maximum absolute atomic E-state index is 13.9. The standard InChI is InChI=1S/C15H12FNO3/c1-4-13(20-9(2)18)10-5-6-12(16)14-11(10)7-8-17(3)15(14)19/h1,5-8,13H,2-3H3. The first-order valence-corrected chi connectivity index (χ1v) is 5.86. The largest absolute Gasteiger partial charge is 0.444 e. The molecule has 0 aliphatic heterocycles. The molecule has 0 N–H and O–H groups in total. The van der Waals surface area contributed by atoms with Crippen molar-refractivity contribution in [3.63, 3.8) is 0 Å². The Balaban J connectivity index is 2.77. The summed E-state index contributed by atoms with van der Waals surface area (Å²) in [6.45, 7) is 1.23. The number of hydrogen-bond acceptors (Lipinski definition) is 3. The molecule has 0 radical (unpaired) electrons. The summed E-state index contributed by atoms with van der Waals surface area (Å²) in [5.41, 5.74) is -0.0581. The summed E-state index contributed by atoms with van der Waals surface area (Å²) in [6.07, 6.45) is 5.90. The number of carbonyl (C=O) groups is 1. The molecule has 20 heavy (non-hydrogen) atoms. The van der Waals surface area contributed by atoms with Gasteiger partial charge in [-0.05, 0) is 17.5 Å². The third kappa shape index (κ3) is 2.28. The molecular formula is C15H12FNO3. The Morgan fingerprint density at radius 1 is 1.45 bits per heavy atom. The zero-order valence-electron chi connectivity index (χ0n) is 11.0. The highest BCUT2D eigenvalue weighted by atomic mass is 19.1. The summed E-state index contributed by atoms with van der Waals surface area (Å²) in [4.78, 5) is 23.1. The van der Waals surface area contributed by atoms with Crippen molar-refractivity contribution in [3.05, 3.63) is 46.1 Å². The number of aromatic nitrogens is 1. The van der Waals surface area contributed by atoms with Gasteiger partial charge in [-0.25, -0.2) is 4.39 Å². The Hall–Kier alpha value is -2.61. The van der Waals surface area contributed by atoms with Gasteiger partial charge in [-0.1, -0.05) is 12.0 Å². The van der Waals surface area contributed by atoms with Crippen LogP contribution >= 0.6 is 0 Å². The number of carbonyl (C=O) groups excluding carboxylic acids is 1. The zero-order valence-corrected chi connectivity index (χ0v) is 11.0. The molecule has 0 saturated heterocycles. The van der Waals surface area contributed by atoms with E-state index < -0.39 is 23.4 Å². The summed E-state index contributed by atoms with van der Waals surface area (Å²) >= 11 is 0. The van der Waals surface area contributed by atoms with Gasteiger partial charge in [0.2, 0.25) is 0 Å². The SMILES string of the molecule is C#CC(OC(C)=O)c1ccc(F)c2c(=O)n(C)ccc12. The van der Waals surface area contributed by atoms with Gasteiger partial charge in [0.05, 0.1) is 5.39 Å². The van der Waals surface area contributed by atoms with Crippen molar-refractivity contribution in [2.24, 2.45) is 7.05 Å². The van der Waals surface area contributed by atoms with Crippen LogP contribution in [0.4, 0.5) is 4.39 Å². The van der Waals surface area contributed by atoms with Crippen molar-refractivity contribution in [3.8, 4) is 12.3 Å². The van der Waals surface area contributed by atoms with Gasteiger partial charge in [0, 0.05) is 25.7 Å². The van der Waals surface area contributed by atoms with Crippen LogP contribution in [-0.4, -0.2) is 10.5 Å². The molecule has 0 amide bonds. The first-order chi connectivity index (χ1) is 9.45. The number of fused-ring (bicyclic) bond motifs is 1. The number of hydrogen-bond donors (Lipinski definition) is 0. The van der Waals surface area contributed by atoms with Crippen LogP contribution in [0.2, 0.25) is 0 Å². The average Bonchev–Trinajstić information content (AvgIpc) is 2.40. The molecule has 1 aromatic heterocycles. The van der Waals surface area contributed by atoms with Crippen molar-refractivity contribution < 1.29 is 13.9 Å². The third-order valence-corrected chi connectivity index (χ3v) is 2.95. The molecule has 0 saturated carbocycles. The van der Waals surface area contributed by atoms with Crippen LogP contribution in [-0.2, 0) is 16.6 Å². The first-order valence-electron chi connectivity index (χ1n) is 5.86. The molecular weight excluding hydrogens is 261 g/mol. The van der Waals surface area contributed by atoms with Gasteiger partial charge in [0.25, 0.3) is 5.56 Å². The second-order valence-electron chi connectivity index (χ2n) is 4.31. The van der Waals surface area contributed by atoms with Gasteiger partial charge in [0.15, 0.2) is 6.10 Å². The van der Waals surface area contributed by atoms with Crippen LogP contribution in [0.1, 0.15) is 18.6 Å². The van der Waals surface area contributed by atoms with Crippen molar-refractivity contribution in [2.45, 2.75) is 13.0 Å². The van der Waals surface area contributed by atoms with E-state index in [-0.39, 0.29) is 5.39 Å². The topological polar surface area (TPSA) is 48.3 Å². The minimum atomic E-state index is -0.956. The summed E-state index contributed by atoms with van der Waals surface area (Å²) < 4.78 is 20.1. The monoisotopic (exact) mass is 273 g/mol. The molecule has 0 aliphatic carbocycles. The number of aryl methyl sites for hydroxylation is 1. The fourth-order valence-corrected chi connectivity index (χ4v) is 2.02. The number of benzene rings is 1. The van der Waals surface area contributed by atoms with E-state index in [0.717, 1.165) is 6.07 Å². The third-order valence-electron chi connectivity index (χ3n) is 2.95. The van der Waals surface area contributed by atoms with Crippen LogP contribution < -0.4 is 5.56 Å². The number of pyridine rings is 1. The highest BCUT2D eigenvalue weighted by molar-refractivity contribution is 5.86. The zero-order chi connectivity index (χ0) is 14.9. The molecule has 1 unspecified atom stereocenters. The lowest BCUT2D eigenvalue weighted by atomic mass is 10.0. The Morgan fingerprint density at radius 3 is 2.75 bits per heavy atom. The van der Waals surface area contributed by atoms with Gasteiger partial charge in [-0.3, -0.25) is 9.59 Å². The van der Waals surface area contributed by atoms with Crippen molar-refractivity contribution in [1.82, 2.24) is 4.57 Å². The second kappa shape index (κ2) is 5.17. The molecule has 5 heteroatoms. The quantitative estimate of drug-likeness (QED) is 0.620. The second-order valence-corrected chi connectivity index (χ2v) is 4.31. The Morgan fingerprint density at radius 2 is 2.15 bits per heavy atom. The Kier molecular flexibility index (Phi) is 3.57. The van der Waals surface area contributed by atoms with E-state index >= 15 is 0 Å². The maximum atomic E-state index is 13.9. The number of rotatable bonds is 2. The van der Waals surface area contributed by atoms with Crippen LogP contribution in [0.3, 0.4) is 0 Å². The molecule has 102 valence electrons. The fourth-order valence-electron chi connectivity index (χ4n) is 2.02. The number of halogens is 1. The highest BCUT2D eigenvalue weighted by Crippen LogP contribution is 2.26. The van der Waals surface area contributed by atoms with E-state index in [1.54, 1.807) is 6.07 Å². The predicted molar refractivity (Wildman–Crippen MR) is 72.5 cm³/mol. The van der Waals surface area contributed by atoms with Gasteiger partial charge in [-0.15, -0.1) is 6.42 Å². The van der Waals surface area contributed by atoms with Crippen molar-refractivity contribution in [2.75, 3.05) is 0 Å². The van der Waals surface area contributed by atoms with E-state index in [9.17, 15) is 14.0 Å². The number of nitrogens with zero attached hydrogens (tertiary/aromatic N) is 1. The lowest BCUT2D eigenvalue weighted by molar-refractivity contribution is -0.143. The van der Waals surface area contributed by atoms with Gasteiger partial charge < -0.3 is 9.30 Å². The smallest absolute Gasteiger partial charge is 0.304 e. The summed E-state index contributed by atoms with van der Waals surface area (Å²) in [5.74, 6) is 1.14. The molecule has 1 atom stereocenters. The van der Waals surface area contributed by atoms with Crippen molar-refractivity contribution >= 4 is 16.7 Å². The van der Waals surface area contributed by atoms with Gasteiger partial charge >= 0.3 is 5.97 Å². The summed E-state index contributed by atoms with van der Waals surface area (Å²) in [5, 5.41) is 0.275. The molecule has 1 heterocycles. The summed E-state index contributed by atoms with van der Waals surface area (Å²) in [6, 6.07) is 4.14. The van der Waals surface area contributed by atoms with E-state index in [1.807, 2.05) is 0 Å². The van der Waals surface area contributed by atoms with Gasteiger partial charge in [-0.2, -0.15) is 0 Å². The van der Waals surface area contributed by atoms with E-state index in [1.165, 1.54) is 30.8 Å². The molecule has 0 aliphatic rings. The highest BCUT2D eigenvalue weighted by Gasteiger charge is 2.18. The molecule has 2 aromatic rings. The fraction of sp³-hybridized carbons (Fsp3) is 0.200. The number of ether oxygens (including phenoxy) is 1. The van der Waals surface area contributed by atoms with E-state index in [4.69, 9.17) is 11.2 Å². The summed E-state index contributed by atoms with van der Waals surface area (Å²) in [7, 11) is 1.53. The molecule has 0 bridgehead atoms. The molecule has 0 fully saturated rings. The number of esters is 1. The molecule has 4 nitrogen and oxygen atoms in total. The van der Waals surface area contributed by atoms with Crippen LogP contribution in [0.25, 0.3) is 10.8 Å². The minimum Gasteiger partial charge on any atom is -0.444 e. The Labute approximate surface area is 114 Å². The van der Waals surface area contributed by atoms with E-state index in [2.05, 4.69) is 5.92 Å². The minimum absolute atomic E-state index is 0.0695. The Bertz CT molecular complexity index is 786. The van der Waals surface area contributed by atoms with Crippen LogP contribution in [0.5, 0.6) is 0 Å². The van der Waals surface area contributed by atoms with E-state index in [0.29, 0.717) is 10.9 Å². The normalized spacial score (nSPS) is 11.9. The molecule has 0 spiro atoms. The van der Waals surface area contributed by atoms with Gasteiger partial charge in [0.1, 0.15) is 5.82 Å². The molecule has 2 rings (SSSR count). The average molecular weight is 273 g/mol. The molecule has 1 aromatic carbocycles. The maximum Gasteiger partial charge on any atom is 0.304 e. The van der Waals surface area contributed by atoms with Crippen molar-refractivity contribution in [1.29, 1.82) is 0 Å². The lowest BCUT2D eigenvalue weighted by Gasteiger charge is -2.14. The predicted octanol–water partition coefficient (Wildman–Crippen LogP) is 1.91. The van der Waals surface area contributed by atoms with Crippen LogP contribution in [0, 0.1) is 18.2 Å². The number of terminal acetylenes is 1. The lowest BCUT2D eigenvalue weighted by Crippen LogP contribution is -2.18. The first kappa shape index (κ1) is 13.8. The van der Waals surface area contributed by atoms with Crippen LogP contribution in [0.15, 0.2) is 29.2 Å².